The predicted octanol–water partition coefficient (Wildman–Crippen LogP) is 0.185. The van der Waals surface area contributed by atoms with Gasteiger partial charge in [-0.25, -0.2) is 4.39 Å². The number of hydrogen-bond donors (Lipinski definition) is 1. The van der Waals surface area contributed by atoms with E-state index in [2.05, 4.69) is 0 Å². The minimum Gasteiger partial charge on any atom is -0.395 e. The molecule has 0 atom stereocenters. The first kappa shape index (κ1) is 12.3. The zero-order chi connectivity index (χ0) is 12.5. The highest BCUT2D eigenvalue weighted by Gasteiger charge is 2.36. The lowest BCUT2D eigenvalue weighted by Crippen LogP contribution is -2.34. The Balaban J connectivity index is 2.27. The van der Waals surface area contributed by atoms with E-state index in [0.29, 0.717) is 18.8 Å². The Morgan fingerprint density at radius 2 is 1.88 bits per heavy atom. The molecule has 1 saturated heterocycles. The molecule has 5 nitrogen and oxygen atoms in total. The maximum atomic E-state index is 12.8. The van der Waals surface area contributed by atoms with Crippen LogP contribution in [0.25, 0.3) is 0 Å². The molecule has 0 bridgehead atoms. The highest BCUT2D eigenvalue weighted by Crippen LogP contribution is 2.24. The SMILES string of the molecule is O=S1(=O)N(CCO)CCN1c1ccc(F)cc1. The average molecular weight is 260 g/mol. The molecular formula is C10H13FN2O3S. The first-order chi connectivity index (χ1) is 8.05. The van der Waals surface area contributed by atoms with Crippen molar-refractivity contribution in [3.05, 3.63) is 30.1 Å². The lowest BCUT2D eigenvalue weighted by Gasteiger charge is -2.19. The van der Waals surface area contributed by atoms with E-state index in [1.807, 2.05) is 0 Å². The molecule has 0 saturated carbocycles. The summed E-state index contributed by atoms with van der Waals surface area (Å²) in [5.41, 5.74) is 0.437. The van der Waals surface area contributed by atoms with E-state index in [1.54, 1.807) is 0 Å². The summed E-state index contributed by atoms with van der Waals surface area (Å²) >= 11 is 0. The molecule has 0 unspecified atom stereocenters. The third kappa shape index (κ3) is 2.26. The van der Waals surface area contributed by atoms with Crippen molar-refractivity contribution in [1.29, 1.82) is 0 Å². The summed E-state index contributed by atoms with van der Waals surface area (Å²) < 4.78 is 39.2. The average Bonchev–Trinajstić information content (AvgIpc) is 2.57. The Hall–Kier alpha value is -1.18. The number of benzene rings is 1. The van der Waals surface area contributed by atoms with Crippen molar-refractivity contribution in [2.45, 2.75) is 0 Å². The molecule has 0 aromatic heterocycles. The Morgan fingerprint density at radius 3 is 2.47 bits per heavy atom. The summed E-state index contributed by atoms with van der Waals surface area (Å²) in [6, 6.07) is 5.30. The van der Waals surface area contributed by atoms with Crippen molar-refractivity contribution in [3.8, 4) is 0 Å². The van der Waals surface area contributed by atoms with Crippen molar-refractivity contribution in [2.75, 3.05) is 30.5 Å². The molecule has 1 fully saturated rings. The molecule has 17 heavy (non-hydrogen) atoms. The third-order valence-electron chi connectivity index (χ3n) is 2.62. The van der Waals surface area contributed by atoms with Gasteiger partial charge in [-0.1, -0.05) is 0 Å². The number of aliphatic hydroxyl groups is 1. The largest absolute Gasteiger partial charge is 0.395 e. The van der Waals surface area contributed by atoms with Gasteiger partial charge in [0.15, 0.2) is 0 Å². The van der Waals surface area contributed by atoms with Gasteiger partial charge >= 0.3 is 10.2 Å². The van der Waals surface area contributed by atoms with Crippen molar-refractivity contribution in [2.24, 2.45) is 0 Å². The van der Waals surface area contributed by atoms with Gasteiger partial charge in [-0.2, -0.15) is 12.7 Å². The summed E-state index contributed by atoms with van der Waals surface area (Å²) in [7, 11) is -3.57. The quantitative estimate of drug-likeness (QED) is 0.843. The minimum atomic E-state index is -3.57. The first-order valence-electron chi connectivity index (χ1n) is 5.20. The smallest absolute Gasteiger partial charge is 0.304 e. The van der Waals surface area contributed by atoms with E-state index in [-0.39, 0.29) is 13.2 Å². The molecular weight excluding hydrogens is 247 g/mol. The maximum Gasteiger partial charge on any atom is 0.304 e. The standard InChI is InChI=1S/C10H13FN2O3S/c11-9-1-3-10(4-2-9)13-6-5-12(7-8-14)17(13,15)16/h1-4,14H,5-8H2. The molecule has 0 aliphatic carbocycles. The molecule has 1 N–H and O–H groups in total. The van der Waals surface area contributed by atoms with Crippen molar-refractivity contribution < 1.29 is 17.9 Å². The van der Waals surface area contributed by atoms with Gasteiger partial charge < -0.3 is 5.11 Å². The number of nitrogens with zero attached hydrogens (tertiary/aromatic N) is 2. The van der Waals surface area contributed by atoms with E-state index in [4.69, 9.17) is 5.11 Å². The fourth-order valence-electron chi connectivity index (χ4n) is 1.78. The second kappa shape index (κ2) is 4.59. The molecule has 1 aliphatic rings. The van der Waals surface area contributed by atoms with E-state index in [1.165, 1.54) is 32.9 Å². The Kier molecular flexibility index (Phi) is 3.32. The van der Waals surface area contributed by atoms with Gasteiger partial charge in [0, 0.05) is 19.6 Å². The summed E-state index contributed by atoms with van der Waals surface area (Å²) in [5.74, 6) is -0.405. The van der Waals surface area contributed by atoms with E-state index in [0.717, 1.165) is 0 Å². The summed E-state index contributed by atoms with van der Waals surface area (Å²) in [6.07, 6.45) is 0. The summed E-state index contributed by atoms with van der Waals surface area (Å²) in [4.78, 5) is 0. The van der Waals surface area contributed by atoms with Gasteiger partial charge in [-0.3, -0.25) is 4.31 Å². The molecule has 0 radical (unpaired) electrons. The van der Waals surface area contributed by atoms with Crippen LogP contribution in [0, 0.1) is 5.82 Å². The van der Waals surface area contributed by atoms with Crippen LogP contribution in [0.4, 0.5) is 10.1 Å². The normalized spacial score (nSPS) is 19.8. The Labute approximate surface area is 99.3 Å². The monoisotopic (exact) mass is 260 g/mol. The number of aliphatic hydroxyl groups excluding tert-OH is 1. The van der Waals surface area contributed by atoms with Crippen LogP contribution < -0.4 is 4.31 Å². The van der Waals surface area contributed by atoms with Crippen LogP contribution >= 0.6 is 0 Å². The maximum absolute atomic E-state index is 12.8. The number of halogens is 1. The van der Waals surface area contributed by atoms with Crippen LogP contribution in [0.5, 0.6) is 0 Å². The van der Waals surface area contributed by atoms with Crippen LogP contribution in [-0.4, -0.2) is 44.1 Å². The number of β-amino-alcohol motifs (C(OH)–C–C–N with tert-alkyl or cyclic N) is 1. The molecule has 1 aromatic carbocycles. The Bertz CT molecular complexity index is 489. The van der Waals surface area contributed by atoms with Gasteiger partial charge in [0.1, 0.15) is 5.82 Å². The van der Waals surface area contributed by atoms with Crippen LogP contribution in [0.1, 0.15) is 0 Å². The first-order valence-corrected chi connectivity index (χ1v) is 6.59. The van der Waals surface area contributed by atoms with E-state index in [9.17, 15) is 12.8 Å². The molecule has 7 heteroatoms. The van der Waals surface area contributed by atoms with E-state index >= 15 is 0 Å². The van der Waals surface area contributed by atoms with Gasteiger partial charge in [-0.05, 0) is 24.3 Å². The van der Waals surface area contributed by atoms with Crippen molar-refractivity contribution in [1.82, 2.24) is 4.31 Å². The van der Waals surface area contributed by atoms with Gasteiger partial charge in [0.25, 0.3) is 0 Å². The molecule has 1 aliphatic heterocycles. The van der Waals surface area contributed by atoms with Gasteiger partial charge in [-0.15, -0.1) is 0 Å². The predicted molar refractivity (Wildman–Crippen MR) is 61.3 cm³/mol. The minimum absolute atomic E-state index is 0.0834. The van der Waals surface area contributed by atoms with Gasteiger partial charge in [0.2, 0.25) is 0 Å². The second-order valence-electron chi connectivity index (χ2n) is 3.68. The molecule has 94 valence electrons. The van der Waals surface area contributed by atoms with E-state index < -0.39 is 16.0 Å². The molecule has 1 heterocycles. The van der Waals surface area contributed by atoms with Gasteiger partial charge in [0.05, 0.1) is 12.3 Å². The molecule has 0 spiro atoms. The summed E-state index contributed by atoms with van der Waals surface area (Å²) in [5, 5.41) is 8.78. The van der Waals surface area contributed by atoms with Crippen LogP contribution in [0.2, 0.25) is 0 Å². The zero-order valence-electron chi connectivity index (χ0n) is 9.08. The number of anilines is 1. The Morgan fingerprint density at radius 1 is 1.24 bits per heavy atom. The highest BCUT2D eigenvalue weighted by molar-refractivity contribution is 7.90. The molecule has 2 rings (SSSR count). The second-order valence-corrected chi connectivity index (χ2v) is 5.53. The third-order valence-corrected chi connectivity index (χ3v) is 4.59. The van der Waals surface area contributed by atoms with Crippen LogP contribution in [0.3, 0.4) is 0 Å². The summed E-state index contributed by atoms with van der Waals surface area (Å²) in [6.45, 7) is 0.519. The van der Waals surface area contributed by atoms with Crippen LogP contribution in [-0.2, 0) is 10.2 Å². The van der Waals surface area contributed by atoms with Crippen LogP contribution in [0.15, 0.2) is 24.3 Å². The lowest BCUT2D eigenvalue weighted by molar-refractivity contribution is 0.260. The van der Waals surface area contributed by atoms with Crippen molar-refractivity contribution >= 4 is 15.9 Å². The number of hydrogen-bond acceptors (Lipinski definition) is 3. The fraction of sp³-hybridized carbons (Fsp3) is 0.400. The number of rotatable bonds is 3. The molecule has 1 aromatic rings. The molecule has 0 amide bonds. The topological polar surface area (TPSA) is 60.9 Å². The fourth-order valence-corrected chi connectivity index (χ4v) is 3.38. The zero-order valence-corrected chi connectivity index (χ0v) is 9.90. The van der Waals surface area contributed by atoms with Crippen molar-refractivity contribution in [3.63, 3.8) is 0 Å². The lowest BCUT2D eigenvalue weighted by atomic mass is 10.3. The highest BCUT2D eigenvalue weighted by atomic mass is 32.2.